The normalized spacial score (nSPS) is 18.6. The molecule has 1 saturated heterocycles. The number of carbonyl (C=O) groups is 2. The number of nitrogens with one attached hydrogen (secondary N) is 2. The van der Waals surface area contributed by atoms with E-state index in [0.29, 0.717) is 13.2 Å². The zero-order chi connectivity index (χ0) is 20.9. The summed E-state index contributed by atoms with van der Waals surface area (Å²) in [7, 11) is -2.40. The van der Waals surface area contributed by atoms with E-state index in [4.69, 9.17) is 4.74 Å². The minimum Gasteiger partial charge on any atom is -0.383 e. The predicted molar refractivity (Wildman–Crippen MR) is 105 cm³/mol. The number of hydrogen-bond donors (Lipinski definition) is 2. The van der Waals surface area contributed by atoms with E-state index in [1.165, 1.54) is 7.11 Å². The van der Waals surface area contributed by atoms with E-state index in [1.807, 2.05) is 20.8 Å². The van der Waals surface area contributed by atoms with Gasteiger partial charge < -0.3 is 15.4 Å². The van der Waals surface area contributed by atoms with Crippen molar-refractivity contribution >= 4 is 21.8 Å². The molecule has 2 amide bonds. The van der Waals surface area contributed by atoms with Crippen LogP contribution < -0.4 is 10.6 Å². The fourth-order valence-electron chi connectivity index (χ4n) is 2.98. The number of hydrogen-bond acceptors (Lipinski definition) is 5. The van der Waals surface area contributed by atoms with E-state index >= 15 is 0 Å². The molecule has 1 aliphatic rings. The van der Waals surface area contributed by atoms with Crippen molar-refractivity contribution in [1.29, 1.82) is 0 Å². The van der Waals surface area contributed by atoms with Gasteiger partial charge in [-0.2, -0.15) is 4.31 Å². The number of ether oxygens (including phenoxy) is 1. The fourth-order valence-corrected chi connectivity index (χ4v) is 4.57. The molecule has 8 nitrogen and oxygen atoms in total. The lowest BCUT2D eigenvalue weighted by atomic mass is 9.87. The van der Waals surface area contributed by atoms with Crippen LogP contribution in [-0.2, 0) is 29.8 Å². The molecule has 0 bridgehead atoms. The van der Waals surface area contributed by atoms with Gasteiger partial charge in [0.25, 0.3) is 0 Å². The number of sulfonamides is 1. The predicted octanol–water partition coefficient (Wildman–Crippen LogP) is 0.626. The maximum absolute atomic E-state index is 13.1. The molecule has 1 heterocycles. The molecular formula is C19H29N3O5S. The minimum absolute atomic E-state index is 0.101. The van der Waals surface area contributed by atoms with Crippen molar-refractivity contribution in [2.45, 2.75) is 43.5 Å². The second kappa shape index (κ2) is 9.02. The van der Waals surface area contributed by atoms with Crippen molar-refractivity contribution in [3.63, 3.8) is 0 Å². The summed E-state index contributed by atoms with van der Waals surface area (Å²) in [6.07, 6.45) is -0.241. The third-order valence-electron chi connectivity index (χ3n) is 4.62. The summed E-state index contributed by atoms with van der Waals surface area (Å²) in [5.41, 5.74) is 0.910. The van der Waals surface area contributed by atoms with Crippen LogP contribution in [0.1, 0.15) is 32.8 Å². The zero-order valence-corrected chi connectivity index (χ0v) is 17.6. The minimum atomic E-state index is -3.91. The SMILES string of the molecule is COCCNC(=O)C[C@H]1C(=O)NCCN1S(=O)(=O)c1ccc(C(C)(C)C)cc1. The van der Waals surface area contributed by atoms with Crippen LogP contribution >= 0.6 is 0 Å². The van der Waals surface area contributed by atoms with Crippen LogP contribution in [0.4, 0.5) is 0 Å². The van der Waals surface area contributed by atoms with Crippen LogP contribution in [-0.4, -0.2) is 63.9 Å². The first-order valence-corrected chi connectivity index (χ1v) is 10.7. The van der Waals surface area contributed by atoms with E-state index in [-0.39, 0.29) is 29.8 Å². The molecule has 0 spiro atoms. The summed E-state index contributed by atoms with van der Waals surface area (Å²) >= 11 is 0. The highest BCUT2D eigenvalue weighted by molar-refractivity contribution is 7.89. The highest BCUT2D eigenvalue weighted by Crippen LogP contribution is 2.26. The summed E-state index contributed by atoms with van der Waals surface area (Å²) in [5.74, 6) is -0.870. The molecular weight excluding hydrogens is 382 g/mol. The lowest BCUT2D eigenvalue weighted by Crippen LogP contribution is -2.58. The van der Waals surface area contributed by atoms with Crippen LogP contribution in [0.5, 0.6) is 0 Å². The smallest absolute Gasteiger partial charge is 0.243 e. The Balaban J connectivity index is 2.23. The number of methoxy groups -OCH3 is 1. The molecule has 1 atom stereocenters. The fraction of sp³-hybridized carbons (Fsp3) is 0.579. The van der Waals surface area contributed by atoms with Gasteiger partial charge in [-0.3, -0.25) is 9.59 Å². The third-order valence-corrected chi connectivity index (χ3v) is 6.54. The number of amides is 2. The van der Waals surface area contributed by atoms with Crippen LogP contribution in [0.25, 0.3) is 0 Å². The van der Waals surface area contributed by atoms with Gasteiger partial charge >= 0.3 is 0 Å². The van der Waals surface area contributed by atoms with E-state index in [1.54, 1.807) is 24.3 Å². The van der Waals surface area contributed by atoms with Crippen LogP contribution in [0.15, 0.2) is 29.2 Å². The lowest BCUT2D eigenvalue weighted by molar-refractivity contribution is -0.131. The van der Waals surface area contributed by atoms with E-state index in [0.717, 1.165) is 9.87 Å². The first-order chi connectivity index (χ1) is 13.1. The first kappa shape index (κ1) is 22.3. The van der Waals surface area contributed by atoms with Gasteiger partial charge in [0, 0.05) is 26.7 Å². The molecule has 1 fully saturated rings. The maximum Gasteiger partial charge on any atom is 0.243 e. The molecule has 1 aromatic carbocycles. The average molecular weight is 412 g/mol. The number of carbonyl (C=O) groups excluding carboxylic acids is 2. The highest BCUT2D eigenvalue weighted by atomic mass is 32.2. The van der Waals surface area contributed by atoms with E-state index < -0.39 is 27.9 Å². The Morgan fingerprint density at radius 3 is 2.50 bits per heavy atom. The van der Waals surface area contributed by atoms with Gasteiger partial charge in [0.2, 0.25) is 21.8 Å². The van der Waals surface area contributed by atoms with Crippen molar-refractivity contribution < 1.29 is 22.7 Å². The third kappa shape index (κ3) is 5.30. The van der Waals surface area contributed by atoms with Gasteiger partial charge in [0.05, 0.1) is 17.9 Å². The molecule has 0 radical (unpaired) electrons. The molecule has 9 heteroatoms. The Hall–Kier alpha value is -1.97. The summed E-state index contributed by atoms with van der Waals surface area (Å²) in [5, 5.41) is 5.26. The van der Waals surface area contributed by atoms with Crippen molar-refractivity contribution in [1.82, 2.24) is 14.9 Å². The number of piperazine rings is 1. The second-order valence-electron chi connectivity index (χ2n) is 7.74. The lowest BCUT2D eigenvalue weighted by Gasteiger charge is -2.33. The topological polar surface area (TPSA) is 105 Å². The molecule has 0 aromatic heterocycles. The molecule has 1 aliphatic heterocycles. The van der Waals surface area contributed by atoms with Crippen LogP contribution in [0.3, 0.4) is 0 Å². The molecule has 2 rings (SSSR count). The van der Waals surface area contributed by atoms with Crippen molar-refractivity contribution in [2.24, 2.45) is 0 Å². The molecule has 2 N–H and O–H groups in total. The van der Waals surface area contributed by atoms with Crippen LogP contribution in [0, 0.1) is 0 Å². The van der Waals surface area contributed by atoms with Gasteiger partial charge in [0.1, 0.15) is 6.04 Å². The summed E-state index contributed by atoms with van der Waals surface area (Å²) in [6, 6.07) is 5.59. The molecule has 156 valence electrons. The zero-order valence-electron chi connectivity index (χ0n) is 16.8. The Morgan fingerprint density at radius 1 is 1.29 bits per heavy atom. The second-order valence-corrected chi connectivity index (χ2v) is 9.63. The number of benzene rings is 1. The Bertz CT molecular complexity index is 800. The summed E-state index contributed by atoms with van der Waals surface area (Å²) in [4.78, 5) is 24.6. The van der Waals surface area contributed by atoms with Gasteiger partial charge in [0.15, 0.2) is 0 Å². The summed E-state index contributed by atoms with van der Waals surface area (Å²) in [6.45, 7) is 7.09. The van der Waals surface area contributed by atoms with Crippen molar-refractivity contribution in [2.75, 3.05) is 33.4 Å². The average Bonchev–Trinajstić information content (AvgIpc) is 2.63. The van der Waals surface area contributed by atoms with Gasteiger partial charge in [-0.25, -0.2) is 8.42 Å². The Labute approximate surface area is 166 Å². The monoisotopic (exact) mass is 411 g/mol. The number of rotatable bonds is 7. The molecule has 0 unspecified atom stereocenters. The summed E-state index contributed by atoms with van der Waals surface area (Å²) < 4.78 is 32.3. The Kier molecular flexibility index (Phi) is 7.19. The maximum atomic E-state index is 13.1. The van der Waals surface area contributed by atoms with Crippen molar-refractivity contribution in [3.05, 3.63) is 29.8 Å². The van der Waals surface area contributed by atoms with E-state index in [2.05, 4.69) is 10.6 Å². The van der Waals surface area contributed by atoms with Crippen molar-refractivity contribution in [3.8, 4) is 0 Å². The van der Waals surface area contributed by atoms with Gasteiger partial charge in [-0.1, -0.05) is 32.9 Å². The highest BCUT2D eigenvalue weighted by Gasteiger charge is 2.39. The quantitative estimate of drug-likeness (QED) is 0.640. The van der Waals surface area contributed by atoms with E-state index in [9.17, 15) is 18.0 Å². The molecule has 1 aromatic rings. The molecule has 28 heavy (non-hydrogen) atoms. The first-order valence-electron chi connectivity index (χ1n) is 9.23. The molecule has 0 aliphatic carbocycles. The number of nitrogens with zero attached hydrogens (tertiary/aromatic N) is 1. The van der Waals surface area contributed by atoms with Gasteiger partial charge in [-0.05, 0) is 23.1 Å². The Morgan fingerprint density at radius 2 is 1.93 bits per heavy atom. The molecule has 0 saturated carbocycles. The van der Waals surface area contributed by atoms with Gasteiger partial charge in [-0.15, -0.1) is 0 Å². The largest absolute Gasteiger partial charge is 0.383 e. The standard InChI is InChI=1S/C19H29N3O5S/c1-19(2,3)14-5-7-15(8-6-14)28(25,26)22-11-9-21-18(24)16(22)13-17(23)20-10-12-27-4/h5-8,16H,9-13H2,1-4H3,(H,20,23)(H,21,24)/t16-/m0/s1. The van der Waals surface area contributed by atoms with Crippen LogP contribution in [0.2, 0.25) is 0 Å².